The third-order valence-electron chi connectivity index (χ3n) is 2.70. The molecule has 0 amide bonds. The molecule has 0 saturated heterocycles. The first kappa shape index (κ1) is 14.6. The molecule has 0 fully saturated rings. The first-order chi connectivity index (χ1) is 10.0. The van der Waals surface area contributed by atoms with Gasteiger partial charge in [-0.25, -0.2) is 9.37 Å². The SMILES string of the molecule is COc1ncc(F)cc1C(C)Oc1cccnc1[N+](=O)[O-]. The second-order valence-corrected chi connectivity index (χ2v) is 4.09. The van der Waals surface area contributed by atoms with Crippen molar-refractivity contribution in [2.45, 2.75) is 13.0 Å². The molecule has 2 heterocycles. The molecule has 0 bridgehead atoms. The molecule has 0 aliphatic rings. The van der Waals surface area contributed by atoms with E-state index in [-0.39, 0.29) is 11.6 Å². The van der Waals surface area contributed by atoms with E-state index < -0.39 is 22.7 Å². The van der Waals surface area contributed by atoms with Crippen LogP contribution in [0.25, 0.3) is 0 Å². The lowest BCUT2D eigenvalue weighted by atomic mass is 10.1. The summed E-state index contributed by atoms with van der Waals surface area (Å²) in [7, 11) is 1.39. The minimum absolute atomic E-state index is 0.0127. The molecule has 0 aliphatic carbocycles. The normalized spacial score (nSPS) is 11.8. The van der Waals surface area contributed by atoms with E-state index in [1.807, 2.05) is 0 Å². The van der Waals surface area contributed by atoms with E-state index in [1.54, 1.807) is 6.92 Å². The fraction of sp³-hybridized carbons (Fsp3) is 0.231. The van der Waals surface area contributed by atoms with Crippen LogP contribution in [0, 0.1) is 15.9 Å². The third kappa shape index (κ3) is 3.22. The van der Waals surface area contributed by atoms with Gasteiger partial charge < -0.3 is 19.6 Å². The van der Waals surface area contributed by atoms with Gasteiger partial charge in [0.2, 0.25) is 11.6 Å². The van der Waals surface area contributed by atoms with Crippen LogP contribution in [-0.4, -0.2) is 22.0 Å². The number of methoxy groups -OCH3 is 1. The maximum atomic E-state index is 13.3. The molecule has 21 heavy (non-hydrogen) atoms. The van der Waals surface area contributed by atoms with Gasteiger partial charge in [-0.3, -0.25) is 0 Å². The maximum Gasteiger partial charge on any atom is 0.406 e. The molecule has 0 aromatic carbocycles. The van der Waals surface area contributed by atoms with Gasteiger partial charge >= 0.3 is 5.82 Å². The minimum Gasteiger partial charge on any atom is -0.481 e. The summed E-state index contributed by atoms with van der Waals surface area (Å²) in [6.07, 6.45) is 1.60. The Morgan fingerprint density at radius 1 is 1.43 bits per heavy atom. The zero-order chi connectivity index (χ0) is 15.4. The van der Waals surface area contributed by atoms with Gasteiger partial charge in [-0.1, -0.05) is 0 Å². The van der Waals surface area contributed by atoms with Crippen molar-refractivity contribution in [1.29, 1.82) is 0 Å². The number of hydrogen-bond acceptors (Lipinski definition) is 6. The number of aromatic nitrogens is 2. The first-order valence-corrected chi connectivity index (χ1v) is 5.98. The highest BCUT2D eigenvalue weighted by atomic mass is 19.1. The lowest BCUT2D eigenvalue weighted by Crippen LogP contribution is -2.08. The number of nitrogens with zero attached hydrogens (tertiary/aromatic N) is 3. The molecule has 0 radical (unpaired) electrons. The van der Waals surface area contributed by atoms with Crippen molar-refractivity contribution in [2.24, 2.45) is 0 Å². The second-order valence-electron chi connectivity index (χ2n) is 4.09. The van der Waals surface area contributed by atoms with Crippen molar-refractivity contribution in [1.82, 2.24) is 9.97 Å². The number of halogens is 1. The van der Waals surface area contributed by atoms with Crippen molar-refractivity contribution in [3.05, 3.63) is 52.1 Å². The number of pyridine rings is 2. The summed E-state index contributed by atoms with van der Waals surface area (Å²) in [6, 6.07) is 4.13. The Morgan fingerprint density at radius 2 is 2.19 bits per heavy atom. The summed E-state index contributed by atoms with van der Waals surface area (Å²) in [5.41, 5.74) is 0.343. The number of nitro groups is 1. The fourth-order valence-corrected chi connectivity index (χ4v) is 1.77. The van der Waals surface area contributed by atoms with Gasteiger partial charge in [0.1, 0.15) is 18.1 Å². The van der Waals surface area contributed by atoms with Crippen LogP contribution in [0.2, 0.25) is 0 Å². The molecular formula is C13H12FN3O4. The largest absolute Gasteiger partial charge is 0.481 e. The zero-order valence-electron chi connectivity index (χ0n) is 11.3. The second kappa shape index (κ2) is 6.12. The Morgan fingerprint density at radius 3 is 2.86 bits per heavy atom. The van der Waals surface area contributed by atoms with E-state index in [1.165, 1.54) is 31.5 Å². The van der Waals surface area contributed by atoms with E-state index in [0.29, 0.717) is 5.56 Å². The highest BCUT2D eigenvalue weighted by molar-refractivity contribution is 5.39. The Hall–Kier alpha value is -2.77. The summed E-state index contributed by atoms with van der Waals surface area (Å²) < 4.78 is 23.8. The number of ether oxygens (including phenoxy) is 2. The van der Waals surface area contributed by atoms with Gasteiger partial charge in [0.05, 0.1) is 18.9 Å². The Labute approximate surface area is 119 Å². The molecule has 0 spiro atoms. The Bertz CT molecular complexity index is 666. The summed E-state index contributed by atoms with van der Waals surface area (Å²) in [6.45, 7) is 1.61. The molecule has 8 heteroatoms. The molecule has 0 saturated carbocycles. The minimum atomic E-state index is -0.703. The quantitative estimate of drug-likeness (QED) is 0.622. The topological polar surface area (TPSA) is 87.4 Å². The van der Waals surface area contributed by atoms with Crippen LogP contribution in [0.3, 0.4) is 0 Å². The zero-order valence-corrected chi connectivity index (χ0v) is 11.3. The molecule has 0 aliphatic heterocycles. The number of rotatable bonds is 5. The smallest absolute Gasteiger partial charge is 0.406 e. The highest BCUT2D eigenvalue weighted by Gasteiger charge is 2.21. The predicted molar refractivity (Wildman–Crippen MR) is 70.7 cm³/mol. The lowest BCUT2D eigenvalue weighted by Gasteiger charge is -2.16. The third-order valence-corrected chi connectivity index (χ3v) is 2.70. The van der Waals surface area contributed by atoms with Gasteiger partial charge in [0, 0.05) is 0 Å². The van der Waals surface area contributed by atoms with Crippen LogP contribution in [-0.2, 0) is 0 Å². The van der Waals surface area contributed by atoms with Gasteiger partial charge in [0.25, 0.3) is 0 Å². The molecule has 2 aromatic rings. The molecule has 2 rings (SSSR count). The van der Waals surface area contributed by atoms with Crippen molar-refractivity contribution in [3.8, 4) is 11.6 Å². The van der Waals surface area contributed by atoms with E-state index >= 15 is 0 Å². The lowest BCUT2D eigenvalue weighted by molar-refractivity contribution is -0.390. The average molecular weight is 293 g/mol. The van der Waals surface area contributed by atoms with Gasteiger partial charge in [-0.05, 0) is 35.0 Å². The van der Waals surface area contributed by atoms with Crippen LogP contribution >= 0.6 is 0 Å². The van der Waals surface area contributed by atoms with Crippen molar-refractivity contribution >= 4 is 5.82 Å². The van der Waals surface area contributed by atoms with Crippen LogP contribution < -0.4 is 9.47 Å². The highest BCUT2D eigenvalue weighted by Crippen LogP contribution is 2.31. The summed E-state index contributed by atoms with van der Waals surface area (Å²) in [4.78, 5) is 17.7. The fourth-order valence-electron chi connectivity index (χ4n) is 1.77. The molecule has 1 unspecified atom stereocenters. The summed E-state index contributed by atoms with van der Waals surface area (Å²) in [5.74, 6) is -0.786. The summed E-state index contributed by atoms with van der Waals surface area (Å²) >= 11 is 0. The van der Waals surface area contributed by atoms with Crippen molar-refractivity contribution < 1.29 is 18.8 Å². The Kier molecular flexibility index (Phi) is 4.27. The van der Waals surface area contributed by atoms with Crippen LogP contribution in [0.5, 0.6) is 11.6 Å². The monoisotopic (exact) mass is 293 g/mol. The predicted octanol–water partition coefficient (Wildman–Crippen LogP) is 2.67. The van der Waals surface area contributed by atoms with Crippen LogP contribution in [0.1, 0.15) is 18.6 Å². The molecule has 7 nitrogen and oxygen atoms in total. The first-order valence-electron chi connectivity index (χ1n) is 5.98. The van der Waals surface area contributed by atoms with E-state index in [0.717, 1.165) is 6.20 Å². The molecule has 2 aromatic heterocycles. The molecule has 0 N–H and O–H groups in total. The molecule has 110 valence electrons. The standard InChI is InChI=1S/C13H12FN3O4/c1-8(10-6-9(14)7-16-13(10)20-2)21-11-4-3-5-15-12(11)17(18)19/h3-8H,1-2H3. The Balaban J connectivity index is 2.32. The van der Waals surface area contributed by atoms with E-state index in [4.69, 9.17) is 9.47 Å². The van der Waals surface area contributed by atoms with Crippen molar-refractivity contribution in [3.63, 3.8) is 0 Å². The van der Waals surface area contributed by atoms with Crippen LogP contribution in [0.15, 0.2) is 30.6 Å². The number of hydrogen-bond donors (Lipinski definition) is 0. The van der Waals surface area contributed by atoms with Gasteiger partial charge in [-0.15, -0.1) is 0 Å². The van der Waals surface area contributed by atoms with Gasteiger partial charge in [0.15, 0.2) is 0 Å². The molecule has 1 atom stereocenters. The van der Waals surface area contributed by atoms with Crippen LogP contribution in [0.4, 0.5) is 10.2 Å². The average Bonchev–Trinajstić information content (AvgIpc) is 2.47. The van der Waals surface area contributed by atoms with E-state index in [9.17, 15) is 14.5 Å². The molecular weight excluding hydrogens is 281 g/mol. The summed E-state index contributed by atoms with van der Waals surface area (Å²) in [5, 5.41) is 10.9. The van der Waals surface area contributed by atoms with Crippen molar-refractivity contribution in [2.75, 3.05) is 7.11 Å². The van der Waals surface area contributed by atoms with Gasteiger partial charge in [-0.2, -0.15) is 0 Å². The van der Waals surface area contributed by atoms with E-state index in [2.05, 4.69) is 9.97 Å². The maximum absolute atomic E-state index is 13.3.